The van der Waals surface area contributed by atoms with E-state index in [0.29, 0.717) is 0 Å². The van der Waals surface area contributed by atoms with Crippen molar-refractivity contribution >= 4 is 12.1 Å². The van der Waals surface area contributed by atoms with Crippen molar-refractivity contribution in [3.05, 3.63) is 0 Å². The molecule has 1 spiro atoms. The van der Waals surface area contributed by atoms with Crippen LogP contribution in [0.15, 0.2) is 0 Å². The van der Waals surface area contributed by atoms with Crippen LogP contribution in [-0.4, -0.2) is 28.3 Å². The van der Waals surface area contributed by atoms with Crippen molar-refractivity contribution in [3.63, 3.8) is 0 Å². The molecule has 2 rings (SSSR count). The molecule has 1 unspecified atom stereocenters. The SMILES string of the molecule is CC(C)(C)OC(=O)NC1(CC(=O)O)CCCC12CC2. The first kappa shape index (κ1) is 14.2. The van der Waals surface area contributed by atoms with Crippen molar-refractivity contribution < 1.29 is 19.4 Å². The Morgan fingerprint density at radius 1 is 1.21 bits per heavy atom. The molecule has 5 heteroatoms. The van der Waals surface area contributed by atoms with Gasteiger partial charge in [0, 0.05) is 0 Å². The van der Waals surface area contributed by atoms with Crippen molar-refractivity contribution in [1.29, 1.82) is 0 Å². The summed E-state index contributed by atoms with van der Waals surface area (Å²) < 4.78 is 5.28. The van der Waals surface area contributed by atoms with Gasteiger partial charge < -0.3 is 15.2 Å². The van der Waals surface area contributed by atoms with Crippen LogP contribution in [-0.2, 0) is 9.53 Å². The maximum absolute atomic E-state index is 12.0. The van der Waals surface area contributed by atoms with E-state index < -0.39 is 23.2 Å². The van der Waals surface area contributed by atoms with E-state index in [9.17, 15) is 9.59 Å². The number of carboxylic acids is 1. The zero-order valence-corrected chi connectivity index (χ0v) is 11.9. The Bertz CT molecular complexity index is 395. The molecule has 2 aliphatic carbocycles. The third-order valence-electron chi connectivity index (χ3n) is 4.32. The molecule has 0 radical (unpaired) electrons. The zero-order valence-electron chi connectivity index (χ0n) is 11.9. The number of carbonyl (C=O) groups is 2. The molecular formula is C14H23NO4. The molecule has 0 heterocycles. The van der Waals surface area contributed by atoms with Crippen LogP contribution in [0.1, 0.15) is 59.3 Å². The van der Waals surface area contributed by atoms with E-state index in [-0.39, 0.29) is 11.8 Å². The van der Waals surface area contributed by atoms with E-state index in [1.807, 2.05) is 0 Å². The number of hydrogen-bond donors (Lipinski definition) is 2. The number of carboxylic acid groups (broad SMARTS) is 1. The van der Waals surface area contributed by atoms with Crippen LogP contribution < -0.4 is 5.32 Å². The van der Waals surface area contributed by atoms with Crippen molar-refractivity contribution in [2.45, 2.75) is 70.4 Å². The number of carbonyl (C=O) groups excluding carboxylic acids is 1. The predicted molar refractivity (Wildman–Crippen MR) is 69.9 cm³/mol. The predicted octanol–water partition coefficient (Wildman–Crippen LogP) is 2.69. The molecule has 0 aromatic rings. The lowest BCUT2D eigenvalue weighted by Gasteiger charge is -2.36. The molecule has 1 amide bonds. The Kier molecular flexibility index (Phi) is 3.27. The Morgan fingerprint density at radius 3 is 2.32 bits per heavy atom. The van der Waals surface area contributed by atoms with Crippen LogP contribution in [0.2, 0.25) is 0 Å². The molecule has 2 saturated carbocycles. The van der Waals surface area contributed by atoms with E-state index in [1.165, 1.54) is 0 Å². The molecule has 1 atom stereocenters. The van der Waals surface area contributed by atoms with Crippen LogP contribution in [0.4, 0.5) is 4.79 Å². The standard InChI is InChI=1S/C14H23NO4/c1-12(2,3)19-11(18)15-14(9-10(16)17)6-4-5-13(14)7-8-13/h4-9H2,1-3H3,(H,15,18)(H,16,17). The second-order valence-corrected chi connectivity index (χ2v) is 6.91. The summed E-state index contributed by atoms with van der Waals surface area (Å²) in [5.41, 5.74) is -1.17. The summed E-state index contributed by atoms with van der Waals surface area (Å²) in [6.45, 7) is 5.41. The summed E-state index contributed by atoms with van der Waals surface area (Å²) in [4.78, 5) is 23.1. The summed E-state index contributed by atoms with van der Waals surface area (Å²) in [7, 11) is 0. The lowest BCUT2D eigenvalue weighted by molar-refractivity contribution is -0.139. The fourth-order valence-corrected chi connectivity index (χ4v) is 3.38. The summed E-state index contributed by atoms with van der Waals surface area (Å²) in [6, 6.07) is 0. The molecule has 0 aromatic carbocycles. The van der Waals surface area contributed by atoms with E-state index in [0.717, 1.165) is 32.1 Å². The first-order valence-corrected chi connectivity index (χ1v) is 6.91. The third kappa shape index (κ3) is 2.85. The highest BCUT2D eigenvalue weighted by molar-refractivity contribution is 5.73. The highest BCUT2D eigenvalue weighted by Crippen LogP contribution is 2.64. The molecule has 0 bridgehead atoms. The molecule has 2 aliphatic rings. The van der Waals surface area contributed by atoms with Crippen LogP contribution in [0, 0.1) is 5.41 Å². The van der Waals surface area contributed by atoms with Crippen LogP contribution in [0.3, 0.4) is 0 Å². The van der Waals surface area contributed by atoms with E-state index in [4.69, 9.17) is 9.84 Å². The second kappa shape index (κ2) is 4.39. The Hall–Kier alpha value is -1.26. The van der Waals surface area contributed by atoms with Gasteiger partial charge in [-0.3, -0.25) is 4.79 Å². The Morgan fingerprint density at radius 2 is 1.84 bits per heavy atom. The van der Waals surface area contributed by atoms with Gasteiger partial charge in [0.1, 0.15) is 5.60 Å². The van der Waals surface area contributed by atoms with Gasteiger partial charge in [-0.1, -0.05) is 6.42 Å². The monoisotopic (exact) mass is 269 g/mol. The minimum Gasteiger partial charge on any atom is -0.481 e. The summed E-state index contributed by atoms with van der Waals surface area (Å²) in [6.07, 6.45) is 4.23. The smallest absolute Gasteiger partial charge is 0.408 e. The number of rotatable bonds is 3. The molecule has 0 aliphatic heterocycles. The maximum Gasteiger partial charge on any atom is 0.408 e. The lowest BCUT2D eigenvalue weighted by atomic mass is 9.81. The topological polar surface area (TPSA) is 75.6 Å². The maximum atomic E-state index is 12.0. The van der Waals surface area contributed by atoms with E-state index in [2.05, 4.69) is 5.32 Å². The first-order valence-electron chi connectivity index (χ1n) is 6.91. The molecule has 2 fully saturated rings. The van der Waals surface area contributed by atoms with Gasteiger partial charge in [0.05, 0.1) is 12.0 Å². The molecule has 2 N–H and O–H groups in total. The number of alkyl carbamates (subject to hydrolysis) is 1. The van der Waals surface area contributed by atoms with Gasteiger partial charge >= 0.3 is 12.1 Å². The van der Waals surface area contributed by atoms with Gasteiger partial charge in [-0.25, -0.2) is 4.79 Å². The van der Waals surface area contributed by atoms with Gasteiger partial charge in [-0.15, -0.1) is 0 Å². The number of amides is 1. The first-order chi connectivity index (χ1) is 8.68. The van der Waals surface area contributed by atoms with Crippen molar-refractivity contribution in [1.82, 2.24) is 5.32 Å². The summed E-state index contributed by atoms with van der Waals surface area (Å²) in [5, 5.41) is 12.0. The Labute approximate surface area is 113 Å². The normalized spacial score (nSPS) is 28.2. The number of ether oxygens (including phenoxy) is 1. The minimum absolute atomic E-state index is 0.00228. The highest BCUT2D eigenvalue weighted by atomic mass is 16.6. The van der Waals surface area contributed by atoms with Crippen molar-refractivity contribution in [2.24, 2.45) is 5.41 Å². The van der Waals surface area contributed by atoms with Gasteiger partial charge in [0.25, 0.3) is 0 Å². The molecule has 0 saturated heterocycles. The molecule has 0 aromatic heterocycles. The lowest BCUT2D eigenvalue weighted by Crippen LogP contribution is -2.54. The van der Waals surface area contributed by atoms with Gasteiger partial charge in [-0.2, -0.15) is 0 Å². The van der Waals surface area contributed by atoms with Crippen LogP contribution in [0.5, 0.6) is 0 Å². The Balaban J connectivity index is 2.11. The van der Waals surface area contributed by atoms with E-state index >= 15 is 0 Å². The quantitative estimate of drug-likeness (QED) is 0.826. The molecule has 108 valence electrons. The average molecular weight is 269 g/mol. The van der Waals surface area contributed by atoms with Crippen LogP contribution >= 0.6 is 0 Å². The average Bonchev–Trinajstić information content (AvgIpc) is 2.86. The van der Waals surface area contributed by atoms with Gasteiger partial charge in [-0.05, 0) is 51.9 Å². The van der Waals surface area contributed by atoms with Crippen molar-refractivity contribution in [2.75, 3.05) is 0 Å². The zero-order chi connectivity index (χ0) is 14.3. The fourth-order valence-electron chi connectivity index (χ4n) is 3.38. The summed E-state index contributed by atoms with van der Waals surface area (Å²) in [5.74, 6) is -0.857. The molecule has 5 nitrogen and oxygen atoms in total. The largest absolute Gasteiger partial charge is 0.481 e. The minimum atomic E-state index is -0.857. The van der Waals surface area contributed by atoms with Crippen molar-refractivity contribution in [3.8, 4) is 0 Å². The van der Waals surface area contributed by atoms with Crippen LogP contribution in [0.25, 0.3) is 0 Å². The highest BCUT2D eigenvalue weighted by Gasteiger charge is 2.63. The van der Waals surface area contributed by atoms with E-state index in [1.54, 1.807) is 20.8 Å². The summed E-state index contributed by atoms with van der Waals surface area (Å²) >= 11 is 0. The fraction of sp³-hybridized carbons (Fsp3) is 0.857. The van der Waals surface area contributed by atoms with Gasteiger partial charge in [0.15, 0.2) is 0 Å². The number of hydrogen-bond acceptors (Lipinski definition) is 3. The second-order valence-electron chi connectivity index (χ2n) is 6.91. The number of nitrogens with one attached hydrogen (secondary N) is 1. The molecular weight excluding hydrogens is 246 g/mol. The molecule has 19 heavy (non-hydrogen) atoms. The third-order valence-corrected chi connectivity index (χ3v) is 4.32. The van der Waals surface area contributed by atoms with Gasteiger partial charge in [0.2, 0.25) is 0 Å². The number of aliphatic carboxylic acids is 1.